The largest absolute Gasteiger partial charge is 0.381 e. The van der Waals surface area contributed by atoms with Gasteiger partial charge in [0.15, 0.2) is 0 Å². The maximum absolute atomic E-state index is 13.8. The first-order valence-corrected chi connectivity index (χ1v) is 8.07. The van der Waals surface area contributed by atoms with Crippen LogP contribution >= 0.6 is 11.6 Å². The number of carbonyl (C=O) groups excluding carboxylic acids is 1. The Labute approximate surface area is 140 Å². The van der Waals surface area contributed by atoms with Gasteiger partial charge in [-0.05, 0) is 49.2 Å². The molecule has 5 heteroatoms. The van der Waals surface area contributed by atoms with Crippen molar-refractivity contribution in [1.29, 1.82) is 0 Å². The molecule has 0 bridgehead atoms. The van der Waals surface area contributed by atoms with E-state index in [0.717, 1.165) is 23.4 Å². The fourth-order valence-corrected chi connectivity index (χ4v) is 3.04. The van der Waals surface area contributed by atoms with Crippen molar-refractivity contribution in [3.05, 3.63) is 58.4 Å². The third-order valence-electron chi connectivity index (χ3n) is 4.09. The molecule has 1 amide bonds. The van der Waals surface area contributed by atoms with E-state index in [0.29, 0.717) is 30.1 Å². The molecule has 1 heterocycles. The van der Waals surface area contributed by atoms with Crippen LogP contribution in [0.2, 0.25) is 5.02 Å². The van der Waals surface area contributed by atoms with Crippen molar-refractivity contribution in [2.24, 2.45) is 0 Å². The molecule has 23 heavy (non-hydrogen) atoms. The van der Waals surface area contributed by atoms with E-state index in [9.17, 15) is 9.18 Å². The minimum absolute atomic E-state index is 0.170. The van der Waals surface area contributed by atoms with Crippen molar-refractivity contribution >= 4 is 28.9 Å². The Hall–Kier alpha value is -2.07. The summed E-state index contributed by atoms with van der Waals surface area (Å²) in [6.45, 7) is 3.04. The van der Waals surface area contributed by atoms with Gasteiger partial charge in [-0.15, -0.1) is 0 Å². The Morgan fingerprint density at radius 3 is 2.78 bits per heavy atom. The van der Waals surface area contributed by atoms with Gasteiger partial charge in [0.1, 0.15) is 5.82 Å². The van der Waals surface area contributed by atoms with Crippen LogP contribution in [0.25, 0.3) is 0 Å². The molecule has 3 nitrogen and oxygen atoms in total. The third-order valence-corrected chi connectivity index (χ3v) is 4.33. The standard InChI is InChI=1S/C18H18ClFN2O/c1-2-22-17-7-6-15(9-12(17)4-8-18(22)23)21-11-13-3-5-14(19)10-16(13)20/h3,5-7,9-10,21H,2,4,8,11H2,1H3. The van der Waals surface area contributed by atoms with Crippen molar-refractivity contribution in [2.75, 3.05) is 16.8 Å². The summed E-state index contributed by atoms with van der Waals surface area (Å²) in [6, 6.07) is 10.6. The number of aryl methyl sites for hydroxylation is 1. The molecule has 0 saturated heterocycles. The van der Waals surface area contributed by atoms with E-state index in [-0.39, 0.29) is 11.7 Å². The summed E-state index contributed by atoms with van der Waals surface area (Å²) in [6.07, 6.45) is 1.28. The van der Waals surface area contributed by atoms with Gasteiger partial charge in [0.2, 0.25) is 5.91 Å². The van der Waals surface area contributed by atoms with Crippen LogP contribution in [0.4, 0.5) is 15.8 Å². The number of nitrogens with zero attached hydrogens (tertiary/aromatic N) is 1. The first-order valence-electron chi connectivity index (χ1n) is 7.69. The molecule has 0 aliphatic carbocycles. The number of hydrogen-bond donors (Lipinski definition) is 1. The van der Waals surface area contributed by atoms with Gasteiger partial charge in [-0.1, -0.05) is 17.7 Å². The zero-order valence-electron chi connectivity index (χ0n) is 12.9. The van der Waals surface area contributed by atoms with E-state index in [2.05, 4.69) is 5.32 Å². The number of rotatable bonds is 4. The van der Waals surface area contributed by atoms with Gasteiger partial charge in [0.25, 0.3) is 0 Å². The SMILES string of the molecule is CCN1C(=O)CCc2cc(NCc3ccc(Cl)cc3F)ccc21. The third kappa shape index (κ3) is 3.32. The lowest BCUT2D eigenvalue weighted by molar-refractivity contribution is -0.118. The second-order valence-electron chi connectivity index (χ2n) is 5.57. The zero-order chi connectivity index (χ0) is 16.4. The van der Waals surface area contributed by atoms with E-state index in [1.807, 2.05) is 30.0 Å². The van der Waals surface area contributed by atoms with Crippen molar-refractivity contribution in [2.45, 2.75) is 26.3 Å². The predicted molar refractivity (Wildman–Crippen MR) is 91.5 cm³/mol. The molecule has 1 aliphatic heterocycles. The van der Waals surface area contributed by atoms with Crippen LogP contribution in [-0.4, -0.2) is 12.5 Å². The first-order chi connectivity index (χ1) is 11.1. The van der Waals surface area contributed by atoms with Gasteiger partial charge in [0.05, 0.1) is 0 Å². The van der Waals surface area contributed by atoms with Crippen LogP contribution in [0.1, 0.15) is 24.5 Å². The number of halogens is 2. The Kier molecular flexibility index (Phi) is 4.53. The number of nitrogens with one attached hydrogen (secondary N) is 1. The smallest absolute Gasteiger partial charge is 0.227 e. The second-order valence-corrected chi connectivity index (χ2v) is 6.01. The van der Waals surface area contributed by atoms with Crippen LogP contribution < -0.4 is 10.2 Å². The Morgan fingerprint density at radius 1 is 1.22 bits per heavy atom. The van der Waals surface area contributed by atoms with Gasteiger partial charge in [-0.2, -0.15) is 0 Å². The summed E-state index contributed by atoms with van der Waals surface area (Å²) in [5, 5.41) is 3.62. The molecule has 2 aromatic carbocycles. The number of benzene rings is 2. The Morgan fingerprint density at radius 2 is 2.04 bits per heavy atom. The molecule has 2 aromatic rings. The normalized spacial score (nSPS) is 13.9. The van der Waals surface area contributed by atoms with Gasteiger partial charge < -0.3 is 10.2 Å². The predicted octanol–water partition coefficient (Wildman–Crippen LogP) is 4.39. The molecule has 0 spiro atoms. The molecule has 3 rings (SSSR count). The van der Waals surface area contributed by atoms with Crippen molar-refractivity contribution in [3.8, 4) is 0 Å². The lowest BCUT2D eigenvalue weighted by atomic mass is 10.0. The lowest BCUT2D eigenvalue weighted by Gasteiger charge is -2.28. The number of anilines is 2. The monoisotopic (exact) mass is 332 g/mol. The van der Waals surface area contributed by atoms with E-state index in [1.54, 1.807) is 12.1 Å². The maximum atomic E-state index is 13.8. The van der Waals surface area contributed by atoms with Crippen LogP contribution in [0, 0.1) is 5.82 Å². The van der Waals surface area contributed by atoms with Crippen LogP contribution in [-0.2, 0) is 17.8 Å². The number of fused-ring (bicyclic) bond motifs is 1. The van der Waals surface area contributed by atoms with Crippen LogP contribution in [0.5, 0.6) is 0 Å². The Bertz CT molecular complexity index is 748. The van der Waals surface area contributed by atoms with Crippen LogP contribution in [0.15, 0.2) is 36.4 Å². The maximum Gasteiger partial charge on any atom is 0.227 e. The summed E-state index contributed by atoms with van der Waals surface area (Å²) in [5.41, 5.74) is 3.61. The Balaban J connectivity index is 1.76. The molecule has 0 saturated carbocycles. The van der Waals surface area contributed by atoms with E-state index >= 15 is 0 Å². The zero-order valence-corrected chi connectivity index (χ0v) is 13.7. The molecule has 1 aliphatic rings. The van der Waals surface area contributed by atoms with Gasteiger partial charge >= 0.3 is 0 Å². The number of amides is 1. The van der Waals surface area contributed by atoms with Gasteiger partial charge in [-0.3, -0.25) is 4.79 Å². The van der Waals surface area contributed by atoms with Crippen molar-refractivity contribution < 1.29 is 9.18 Å². The van der Waals surface area contributed by atoms with Gasteiger partial charge in [0, 0.05) is 41.5 Å². The highest BCUT2D eigenvalue weighted by Gasteiger charge is 2.22. The molecule has 1 N–H and O–H groups in total. The molecule has 0 atom stereocenters. The van der Waals surface area contributed by atoms with E-state index < -0.39 is 0 Å². The minimum Gasteiger partial charge on any atom is -0.381 e. The molecule has 0 fully saturated rings. The lowest BCUT2D eigenvalue weighted by Crippen LogP contribution is -2.34. The molecular formula is C18H18ClFN2O. The van der Waals surface area contributed by atoms with E-state index in [1.165, 1.54) is 6.07 Å². The summed E-state index contributed by atoms with van der Waals surface area (Å²) < 4.78 is 13.8. The minimum atomic E-state index is -0.314. The summed E-state index contributed by atoms with van der Waals surface area (Å²) in [4.78, 5) is 13.7. The molecular weight excluding hydrogens is 315 g/mol. The summed E-state index contributed by atoms with van der Waals surface area (Å²) in [5.74, 6) is -0.144. The molecule has 0 radical (unpaired) electrons. The number of carbonyl (C=O) groups is 1. The fourth-order valence-electron chi connectivity index (χ4n) is 2.88. The fraction of sp³-hybridized carbons (Fsp3) is 0.278. The average molecular weight is 333 g/mol. The van der Waals surface area contributed by atoms with Crippen molar-refractivity contribution in [1.82, 2.24) is 0 Å². The summed E-state index contributed by atoms with van der Waals surface area (Å²) >= 11 is 5.76. The molecule has 120 valence electrons. The summed E-state index contributed by atoms with van der Waals surface area (Å²) in [7, 11) is 0. The first kappa shape index (κ1) is 15.8. The van der Waals surface area contributed by atoms with E-state index in [4.69, 9.17) is 11.6 Å². The quantitative estimate of drug-likeness (QED) is 0.900. The van der Waals surface area contributed by atoms with Crippen LogP contribution in [0.3, 0.4) is 0 Å². The topological polar surface area (TPSA) is 32.3 Å². The molecule has 0 unspecified atom stereocenters. The molecule has 0 aromatic heterocycles. The van der Waals surface area contributed by atoms with Crippen molar-refractivity contribution in [3.63, 3.8) is 0 Å². The highest BCUT2D eigenvalue weighted by molar-refractivity contribution is 6.30. The highest BCUT2D eigenvalue weighted by Crippen LogP contribution is 2.30. The number of hydrogen-bond acceptors (Lipinski definition) is 2. The van der Waals surface area contributed by atoms with Gasteiger partial charge in [-0.25, -0.2) is 4.39 Å². The highest BCUT2D eigenvalue weighted by atomic mass is 35.5. The second kappa shape index (κ2) is 6.59. The average Bonchev–Trinajstić information content (AvgIpc) is 2.54.